The highest BCUT2D eigenvalue weighted by atomic mass is 16.4. The third-order valence-corrected chi connectivity index (χ3v) is 4.10. The van der Waals surface area contributed by atoms with E-state index in [1.54, 1.807) is 0 Å². The van der Waals surface area contributed by atoms with Crippen LogP contribution in [-0.2, 0) is 11.3 Å². The van der Waals surface area contributed by atoms with Crippen LogP contribution in [0.2, 0.25) is 0 Å². The fraction of sp³-hybridized carbons (Fsp3) is 0.263. The lowest BCUT2D eigenvalue weighted by Gasteiger charge is -2.12. The summed E-state index contributed by atoms with van der Waals surface area (Å²) in [4.78, 5) is 34.9. The molecule has 1 aromatic carbocycles. The van der Waals surface area contributed by atoms with E-state index in [2.05, 4.69) is 15.5 Å². The van der Waals surface area contributed by atoms with E-state index in [9.17, 15) is 24.8 Å². The van der Waals surface area contributed by atoms with E-state index in [-0.39, 0.29) is 42.0 Å². The predicted molar refractivity (Wildman–Crippen MR) is 104 cm³/mol. The summed E-state index contributed by atoms with van der Waals surface area (Å²) in [6, 6.07) is 7.55. The summed E-state index contributed by atoms with van der Waals surface area (Å²) in [5.74, 6) is -2.23. The molecule has 156 valence electrons. The first-order valence-electron chi connectivity index (χ1n) is 8.79. The molecule has 1 heterocycles. The Bertz CT molecular complexity index is 1080. The van der Waals surface area contributed by atoms with Gasteiger partial charge in [-0.1, -0.05) is 0 Å². The Labute approximate surface area is 170 Å². The number of rotatable bonds is 8. The number of nitrogens with zero attached hydrogens (tertiary/aromatic N) is 4. The predicted octanol–water partition coefficient (Wildman–Crippen LogP) is 1.35. The first kappa shape index (κ1) is 22.3. The van der Waals surface area contributed by atoms with E-state index < -0.39 is 29.9 Å². The van der Waals surface area contributed by atoms with E-state index in [1.165, 1.54) is 31.2 Å². The Morgan fingerprint density at radius 1 is 1.23 bits per heavy atom. The van der Waals surface area contributed by atoms with Crippen LogP contribution in [0.25, 0.3) is 0 Å². The van der Waals surface area contributed by atoms with Crippen LogP contribution in [0, 0.1) is 18.3 Å². The van der Waals surface area contributed by atoms with Gasteiger partial charge in [0.15, 0.2) is 5.69 Å². The quantitative estimate of drug-likeness (QED) is 0.472. The van der Waals surface area contributed by atoms with Crippen LogP contribution in [-0.4, -0.2) is 44.9 Å². The Balaban J connectivity index is 2.33. The Morgan fingerprint density at radius 2 is 1.90 bits per heavy atom. The van der Waals surface area contributed by atoms with Gasteiger partial charge >= 0.3 is 5.97 Å². The smallest absolute Gasteiger partial charge is 0.322 e. The molecule has 0 radical (unpaired) electrons. The SMILES string of the molecule is Cc1c(C#N)c(O)n(CCCO)c(=O)c1N=Nc1ccc(C(=O)NCC(=O)O)cc1. The number of aliphatic carboxylic acids is 1. The normalized spacial score (nSPS) is 10.7. The van der Waals surface area contributed by atoms with Gasteiger partial charge in [-0.05, 0) is 37.6 Å². The molecule has 4 N–H and O–H groups in total. The number of carboxylic acids is 1. The molecule has 30 heavy (non-hydrogen) atoms. The van der Waals surface area contributed by atoms with Gasteiger partial charge in [-0.15, -0.1) is 5.11 Å². The van der Waals surface area contributed by atoms with E-state index in [4.69, 9.17) is 10.2 Å². The second kappa shape index (κ2) is 9.94. The van der Waals surface area contributed by atoms with Crippen molar-refractivity contribution in [1.29, 1.82) is 5.26 Å². The molecule has 0 fully saturated rings. The van der Waals surface area contributed by atoms with Gasteiger partial charge in [0.05, 0.1) is 5.69 Å². The minimum atomic E-state index is -1.17. The summed E-state index contributed by atoms with van der Waals surface area (Å²) >= 11 is 0. The van der Waals surface area contributed by atoms with Gasteiger partial charge < -0.3 is 20.6 Å². The maximum atomic E-state index is 12.6. The first-order chi connectivity index (χ1) is 14.3. The van der Waals surface area contributed by atoms with Crippen molar-refractivity contribution in [2.45, 2.75) is 19.9 Å². The molecule has 0 aliphatic heterocycles. The highest BCUT2D eigenvalue weighted by molar-refractivity contribution is 5.95. The second-order valence-electron chi connectivity index (χ2n) is 6.14. The number of carbonyl (C=O) groups excluding carboxylic acids is 1. The van der Waals surface area contributed by atoms with Crippen molar-refractivity contribution < 1.29 is 24.9 Å². The monoisotopic (exact) mass is 413 g/mol. The summed E-state index contributed by atoms with van der Waals surface area (Å²) in [5.41, 5.74) is -0.233. The van der Waals surface area contributed by atoms with Gasteiger partial charge in [0.1, 0.15) is 18.2 Å². The fourth-order valence-corrected chi connectivity index (χ4v) is 2.54. The van der Waals surface area contributed by atoms with Crippen LogP contribution in [0.3, 0.4) is 0 Å². The Hall–Kier alpha value is -4.04. The van der Waals surface area contributed by atoms with Crippen molar-refractivity contribution in [2.24, 2.45) is 10.2 Å². The molecule has 2 aromatic rings. The van der Waals surface area contributed by atoms with E-state index in [0.29, 0.717) is 5.69 Å². The number of aliphatic hydroxyl groups is 1. The lowest BCUT2D eigenvalue weighted by Crippen LogP contribution is -2.29. The zero-order valence-corrected chi connectivity index (χ0v) is 16.0. The molecule has 11 heteroatoms. The molecular formula is C19H19N5O6. The molecular weight excluding hydrogens is 394 g/mol. The number of azo groups is 1. The molecule has 2 rings (SSSR count). The van der Waals surface area contributed by atoms with Crippen molar-refractivity contribution in [1.82, 2.24) is 9.88 Å². The number of hydrogen-bond donors (Lipinski definition) is 4. The molecule has 0 aliphatic rings. The zero-order valence-electron chi connectivity index (χ0n) is 16.0. The topological polar surface area (TPSA) is 177 Å². The van der Waals surface area contributed by atoms with Gasteiger partial charge in [0, 0.05) is 24.3 Å². The standard InChI is InChI=1S/C19H19N5O6/c1-11-14(9-20)18(29)24(7-2-8-25)19(30)16(11)23-22-13-5-3-12(4-6-13)17(28)21-10-15(26)27/h3-6,25,29H,2,7-8,10H2,1H3,(H,21,28)(H,26,27). The van der Waals surface area contributed by atoms with Gasteiger partial charge in [-0.2, -0.15) is 10.4 Å². The summed E-state index contributed by atoms with van der Waals surface area (Å²) in [5, 5.41) is 47.1. The number of nitriles is 1. The van der Waals surface area contributed by atoms with E-state index in [1.807, 2.05) is 6.07 Å². The van der Waals surface area contributed by atoms with E-state index >= 15 is 0 Å². The number of pyridine rings is 1. The highest BCUT2D eigenvalue weighted by Crippen LogP contribution is 2.27. The number of carbonyl (C=O) groups is 2. The molecule has 0 unspecified atom stereocenters. The number of aromatic hydroxyl groups is 1. The molecule has 0 bridgehead atoms. The number of nitrogens with one attached hydrogen (secondary N) is 1. The first-order valence-corrected chi connectivity index (χ1v) is 8.79. The van der Waals surface area contributed by atoms with E-state index in [0.717, 1.165) is 4.57 Å². The molecule has 1 aromatic heterocycles. The van der Waals surface area contributed by atoms with Crippen LogP contribution >= 0.6 is 0 Å². The van der Waals surface area contributed by atoms with Crippen LogP contribution in [0.5, 0.6) is 5.88 Å². The van der Waals surface area contributed by atoms with Crippen molar-refractivity contribution in [3.8, 4) is 11.9 Å². The zero-order chi connectivity index (χ0) is 22.3. The van der Waals surface area contributed by atoms with Crippen molar-refractivity contribution in [2.75, 3.05) is 13.2 Å². The Morgan fingerprint density at radius 3 is 2.47 bits per heavy atom. The molecule has 0 aliphatic carbocycles. The number of aliphatic hydroxyl groups excluding tert-OH is 1. The number of hydrogen-bond acceptors (Lipinski definition) is 8. The minimum Gasteiger partial charge on any atom is -0.493 e. The lowest BCUT2D eigenvalue weighted by molar-refractivity contribution is -0.135. The second-order valence-corrected chi connectivity index (χ2v) is 6.14. The summed E-state index contributed by atoms with van der Waals surface area (Å²) in [6.07, 6.45) is 0.198. The van der Waals surface area contributed by atoms with Crippen LogP contribution in [0.15, 0.2) is 39.3 Å². The largest absolute Gasteiger partial charge is 0.493 e. The van der Waals surface area contributed by atoms with Crippen molar-refractivity contribution >= 4 is 23.3 Å². The average molecular weight is 413 g/mol. The highest BCUT2D eigenvalue weighted by Gasteiger charge is 2.19. The average Bonchev–Trinajstić information content (AvgIpc) is 2.72. The van der Waals surface area contributed by atoms with Gasteiger partial charge in [0.25, 0.3) is 11.5 Å². The molecule has 0 saturated carbocycles. The number of carboxylic acid groups (broad SMARTS) is 1. The molecule has 11 nitrogen and oxygen atoms in total. The molecule has 1 amide bonds. The minimum absolute atomic E-state index is 0.00119. The number of benzene rings is 1. The van der Waals surface area contributed by atoms with Gasteiger partial charge in [0.2, 0.25) is 5.88 Å². The van der Waals surface area contributed by atoms with Crippen molar-refractivity contribution in [3.63, 3.8) is 0 Å². The fourth-order valence-electron chi connectivity index (χ4n) is 2.54. The third-order valence-electron chi connectivity index (χ3n) is 4.10. The summed E-state index contributed by atoms with van der Waals surface area (Å²) < 4.78 is 0.950. The van der Waals surface area contributed by atoms with Gasteiger partial charge in [-0.3, -0.25) is 19.0 Å². The summed E-state index contributed by atoms with van der Waals surface area (Å²) in [7, 11) is 0. The molecule has 0 atom stereocenters. The van der Waals surface area contributed by atoms with Crippen LogP contribution < -0.4 is 10.9 Å². The summed E-state index contributed by atoms with van der Waals surface area (Å²) in [6.45, 7) is 0.744. The molecule has 0 spiro atoms. The van der Waals surface area contributed by atoms with Crippen LogP contribution in [0.1, 0.15) is 27.9 Å². The van der Waals surface area contributed by atoms with Gasteiger partial charge in [-0.25, -0.2) is 0 Å². The Kier molecular flexibility index (Phi) is 7.38. The molecule has 0 saturated heterocycles. The van der Waals surface area contributed by atoms with Crippen LogP contribution in [0.4, 0.5) is 11.4 Å². The lowest BCUT2D eigenvalue weighted by atomic mass is 10.1. The number of aromatic nitrogens is 1. The third kappa shape index (κ3) is 5.06. The maximum Gasteiger partial charge on any atom is 0.322 e. The van der Waals surface area contributed by atoms with Crippen molar-refractivity contribution in [3.05, 3.63) is 51.3 Å². The maximum absolute atomic E-state index is 12.6. The number of amides is 1.